The predicted molar refractivity (Wildman–Crippen MR) is 105 cm³/mol. The van der Waals surface area contributed by atoms with E-state index < -0.39 is 28.9 Å². The Hall–Kier alpha value is -4.15. The van der Waals surface area contributed by atoms with Gasteiger partial charge in [0, 0.05) is 36.4 Å². The van der Waals surface area contributed by atoms with Crippen LogP contribution in [0, 0.1) is 0 Å². The number of carboxylic acids is 2. The molecule has 6 N–H and O–H groups in total. The van der Waals surface area contributed by atoms with Crippen LogP contribution in [0.2, 0.25) is 0 Å². The monoisotopic (exact) mass is 430 g/mol. The number of quaternary nitrogens is 2. The maximum Gasteiger partial charge on any atom is 0.186 e. The summed E-state index contributed by atoms with van der Waals surface area (Å²) in [6.07, 6.45) is 0. The second-order valence-corrected chi connectivity index (χ2v) is 5.79. The molecule has 1 heterocycles. The predicted octanol–water partition coefficient (Wildman–Crippen LogP) is -1.50. The van der Waals surface area contributed by atoms with Gasteiger partial charge in [0.1, 0.15) is 34.8 Å². The number of methoxy groups -OCH3 is 2. The number of carboxylic acid groups (broad SMARTS) is 2. The Bertz CT molecular complexity index is 963. The minimum absolute atomic E-state index is 0.613. The van der Waals surface area contributed by atoms with Crippen molar-refractivity contribution in [1.82, 2.24) is 0 Å². The van der Waals surface area contributed by atoms with Gasteiger partial charge in [-0.25, -0.2) is 0 Å². The first-order valence-corrected chi connectivity index (χ1v) is 8.66. The molecule has 164 valence electrons. The van der Waals surface area contributed by atoms with Crippen molar-refractivity contribution in [3.05, 3.63) is 82.4 Å². The number of carbonyl (C=O) groups is 2. The third kappa shape index (κ3) is 9.26. The van der Waals surface area contributed by atoms with Gasteiger partial charge in [-0.15, -0.1) is 0 Å². The molecule has 0 saturated heterocycles. The zero-order valence-electron chi connectivity index (χ0n) is 17.0. The highest BCUT2D eigenvalue weighted by atomic mass is 16.5. The van der Waals surface area contributed by atoms with Gasteiger partial charge in [-0.3, -0.25) is 4.79 Å². The minimum Gasteiger partial charge on any atom is -0.542 e. The number of hydrogen-bond donors (Lipinski definition) is 2. The Morgan fingerprint density at radius 2 is 1.06 bits per heavy atom. The van der Waals surface area contributed by atoms with E-state index in [0.717, 1.165) is 22.9 Å². The Labute approximate surface area is 177 Å². The van der Waals surface area contributed by atoms with Crippen LogP contribution in [-0.4, -0.2) is 26.2 Å². The molecule has 3 rings (SSSR count). The summed E-state index contributed by atoms with van der Waals surface area (Å²) in [5.74, 6) is -3.45. The van der Waals surface area contributed by atoms with Crippen LogP contribution in [0.4, 0.5) is 11.4 Å². The van der Waals surface area contributed by atoms with Crippen molar-refractivity contribution in [1.29, 1.82) is 0 Å². The molecule has 0 amide bonds. The molecule has 0 aliphatic rings. The van der Waals surface area contributed by atoms with Crippen molar-refractivity contribution in [2.24, 2.45) is 0 Å². The lowest BCUT2D eigenvalue weighted by Gasteiger charge is -2.04. The van der Waals surface area contributed by atoms with Gasteiger partial charge in [-0.2, -0.15) is 0 Å². The van der Waals surface area contributed by atoms with E-state index in [9.17, 15) is 24.6 Å². The third-order valence-electron chi connectivity index (χ3n) is 3.49. The van der Waals surface area contributed by atoms with Gasteiger partial charge in [-0.05, 0) is 24.3 Å². The number of aromatic carboxylic acids is 2. The molecule has 2 aromatic carbocycles. The highest BCUT2D eigenvalue weighted by molar-refractivity contribution is 5.85. The van der Waals surface area contributed by atoms with E-state index in [0.29, 0.717) is 12.1 Å². The summed E-state index contributed by atoms with van der Waals surface area (Å²) in [5.41, 5.74) is 8.70. The third-order valence-corrected chi connectivity index (χ3v) is 3.49. The number of ether oxygens (including phenoxy) is 2. The summed E-state index contributed by atoms with van der Waals surface area (Å²) in [5, 5.41) is 20.3. The molecule has 0 atom stereocenters. The van der Waals surface area contributed by atoms with Crippen molar-refractivity contribution < 1.29 is 45.2 Å². The van der Waals surface area contributed by atoms with Gasteiger partial charge in [0.05, 0.1) is 14.2 Å². The Balaban J connectivity index is 0.000000239. The van der Waals surface area contributed by atoms with Crippen LogP contribution in [0.5, 0.6) is 11.5 Å². The normalized spacial score (nSPS) is 9.29. The van der Waals surface area contributed by atoms with Gasteiger partial charge < -0.3 is 45.2 Å². The van der Waals surface area contributed by atoms with E-state index in [1.165, 1.54) is 0 Å². The molecule has 0 radical (unpaired) electrons. The first-order chi connectivity index (χ1) is 14.7. The van der Waals surface area contributed by atoms with Crippen molar-refractivity contribution >= 4 is 23.3 Å². The standard InChI is InChI=1S/2C7H9NO.C7H4O6/c2*1-9-7-4-2-6(8)3-5-7;8-3-1-4(6(9)10)13-5(2-3)7(11)12/h2*2-5H,8H2,1H3;1-2H,(H,9,10)(H,11,12). The average molecular weight is 430 g/mol. The fourth-order valence-electron chi connectivity index (χ4n) is 1.93. The smallest absolute Gasteiger partial charge is 0.186 e. The second-order valence-electron chi connectivity index (χ2n) is 5.79. The van der Waals surface area contributed by atoms with Crippen molar-refractivity contribution in [2.75, 3.05) is 14.2 Å². The van der Waals surface area contributed by atoms with Crippen LogP contribution in [-0.2, 0) is 0 Å². The van der Waals surface area contributed by atoms with E-state index in [1.807, 2.05) is 48.5 Å². The van der Waals surface area contributed by atoms with Crippen LogP contribution < -0.4 is 36.6 Å². The zero-order valence-corrected chi connectivity index (χ0v) is 17.0. The van der Waals surface area contributed by atoms with Gasteiger partial charge in [-0.1, -0.05) is 0 Å². The lowest BCUT2D eigenvalue weighted by molar-refractivity contribution is -0.259. The summed E-state index contributed by atoms with van der Waals surface area (Å²) in [6, 6.07) is 16.5. The summed E-state index contributed by atoms with van der Waals surface area (Å²) in [4.78, 5) is 31.0. The number of carbonyl (C=O) groups excluding carboxylic acids is 2. The van der Waals surface area contributed by atoms with Gasteiger partial charge in [0.2, 0.25) is 0 Å². The van der Waals surface area contributed by atoms with Crippen LogP contribution >= 0.6 is 0 Å². The molecule has 1 aromatic heterocycles. The van der Waals surface area contributed by atoms with E-state index in [4.69, 9.17) is 9.47 Å². The van der Waals surface area contributed by atoms with Crippen LogP contribution in [0.25, 0.3) is 0 Å². The zero-order chi connectivity index (χ0) is 23.4. The molecule has 0 bridgehead atoms. The quantitative estimate of drug-likeness (QED) is 0.501. The molecule has 0 saturated carbocycles. The summed E-state index contributed by atoms with van der Waals surface area (Å²) >= 11 is 0. The topological polar surface area (TPSA) is 184 Å². The molecule has 0 spiro atoms. The number of rotatable bonds is 4. The van der Waals surface area contributed by atoms with E-state index in [2.05, 4.69) is 15.9 Å². The molecule has 0 unspecified atom stereocenters. The van der Waals surface area contributed by atoms with E-state index >= 15 is 0 Å². The highest BCUT2D eigenvalue weighted by Crippen LogP contribution is 2.11. The molecule has 0 aliphatic carbocycles. The van der Waals surface area contributed by atoms with E-state index in [1.54, 1.807) is 14.2 Å². The SMILES string of the molecule is COc1ccc([NH3+])cc1.COc1ccc([NH3+])cc1.O=C([O-])c1cc(=O)cc(C(=O)[O-])o1. The second kappa shape index (κ2) is 12.4. The molecule has 0 aliphatic heterocycles. The molecule has 3 aromatic rings. The van der Waals surface area contributed by atoms with Crippen molar-refractivity contribution in [3.8, 4) is 11.5 Å². The minimum atomic E-state index is -1.76. The number of benzene rings is 2. The van der Waals surface area contributed by atoms with E-state index in [-0.39, 0.29) is 0 Å². The highest BCUT2D eigenvalue weighted by Gasteiger charge is 2.03. The van der Waals surface area contributed by atoms with Crippen LogP contribution in [0.3, 0.4) is 0 Å². The lowest BCUT2D eigenvalue weighted by Crippen LogP contribution is -2.39. The van der Waals surface area contributed by atoms with Gasteiger partial charge >= 0.3 is 0 Å². The number of hydrogen-bond acceptors (Lipinski definition) is 8. The maximum atomic E-state index is 10.7. The summed E-state index contributed by atoms with van der Waals surface area (Å²) in [7, 11) is 3.30. The Kier molecular flexibility index (Phi) is 9.97. The molecule has 31 heavy (non-hydrogen) atoms. The Morgan fingerprint density at radius 3 is 1.32 bits per heavy atom. The van der Waals surface area contributed by atoms with Crippen LogP contribution in [0.15, 0.2) is 69.9 Å². The fourth-order valence-corrected chi connectivity index (χ4v) is 1.93. The first kappa shape index (κ1) is 24.9. The molecule has 0 fully saturated rings. The summed E-state index contributed by atoms with van der Waals surface area (Å²) < 4.78 is 14.1. The average Bonchev–Trinajstić information content (AvgIpc) is 2.75. The molecular weight excluding hydrogens is 408 g/mol. The molecular formula is C21H22N2O8. The van der Waals surface area contributed by atoms with Gasteiger partial charge in [0.25, 0.3) is 0 Å². The van der Waals surface area contributed by atoms with Crippen LogP contribution in [0.1, 0.15) is 21.1 Å². The fraction of sp³-hybridized carbons (Fsp3) is 0.0952. The summed E-state index contributed by atoms with van der Waals surface area (Å²) in [6.45, 7) is 0. The largest absolute Gasteiger partial charge is 0.542 e. The van der Waals surface area contributed by atoms with Gasteiger partial charge in [0.15, 0.2) is 16.9 Å². The van der Waals surface area contributed by atoms with Crippen molar-refractivity contribution in [2.45, 2.75) is 0 Å². The molecule has 10 nitrogen and oxygen atoms in total. The Morgan fingerprint density at radius 1 is 0.742 bits per heavy atom. The first-order valence-electron chi connectivity index (χ1n) is 8.66. The van der Waals surface area contributed by atoms with Crippen molar-refractivity contribution in [3.63, 3.8) is 0 Å². The lowest BCUT2D eigenvalue weighted by atomic mass is 10.3. The molecule has 10 heteroatoms. The maximum absolute atomic E-state index is 10.7.